The molecule has 20 heavy (non-hydrogen) atoms. The first kappa shape index (κ1) is 15.2. The second-order valence-electron chi connectivity index (χ2n) is 4.97. The number of aryl methyl sites for hydroxylation is 1. The molecule has 0 spiro atoms. The van der Waals surface area contributed by atoms with Crippen molar-refractivity contribution in [2.75, 3.05) is 0 Å². The van der Waals surface area contributed by atoms with Gasteiger partial charge in [-0.25, -0.2) is 4.39 Å². The van der Waals surface area contributed by atoms with Crippen molar-refractivity contribution in [1.82, 2.24) is 5.43 Å². The summed E-state index contributed by atoms with van der Waals surface area (Å²) in [5.74, 6) is 5.45. The number of nitrogens with two attached hydrogens (primary N) is 1. The lowest BCUT2D eigenvalue weighted by Crippen LogP contribution is -2.38. The number of hydrogen-bond acceptors (Lipinski definition) is 2. The molecule has 0 fully saturated rings. The second-order valence-corrected chi connectivity index (χ2v) is 5.88. The van der Waals surface area contributed by atoms with Gasteiger partial charge in [-0.2, -0.15) is 0 Å². The van der Waals surface area contributed by atoms with Crippen molar-refractivity contribution in [1.29, 1.82) is 0 Å². The Hall–Kier alpha value is -1.23. The first-order valence-electron chi connectivity index (χ1n) is 6.54. The summed E-state index contributed by atoms with van der Waals surface area (Å²) in [6.45, 7) is 1.92. The van der Waals surface area contributed by atoms with Gasteiger partial charge in [0.15, 0.2) is 0 Å². The predicted octanol–water partition coefficient (Wildman–Crippen LogP) is 3.51. The fraction of sp³-hybridized carbons (Fsp3) is 0.250. The molecule has 2 aromatic rings. The van der Waals surface area contributed by atoms with E-state index in [-0.39, 0.29) is 11.9 Å². The molecular weight excluding hydrogens is 319 g/mol. The molecule has 106 valence electrons. The molecule has 0 aliphatic carbocycles. The lowest BCUT2D eigenvalue weighted by Gasteiger charge is -2.17. The van der Waals surface area contributed by atoms with E-state index in [2.05, 4.69) is 33.5 Å². The maximum absolute atomic E-state index is 13.1. The van der Waals surface area contributed by atoms with Crippen LogP contribution in [0.25, 0.3) is 0 Å². The highest BCUT2D eigenvalue weighted by molar-refractivity contribution is 9.10. The van der Waals surface area contributed by atoms with Gasteiger partial charge in [-0.3, -0.25) is 11.3 Å². The van der Waals surface area contributed by atoms with Gasteiger partial charge in [-0.05, 0) is 60.7 Å². The highest BCUT2D eigenvalue weighted by Gasteiger charge is 2.11. The van der Waals surface area contributed by atoms with E-state index in [1.165, 1.54) is 11.6 Å². The predicted molar refractivity (Wildman–Crippen MR) is 83.8 cm³/mol. The summed E-state index contributed by atoms with van der Waals surface area (Å²) in [5.41, 5.74) is 6.14. The van der Waals surface area contributed by atoms with E-state index in [4.69, 9.17) is 5.84 Å². The first-order valence-corrected chi connectivity index (χ1v) is 7.33. The van der Waals surface area contributed by atoms with Gasteiger partial charge in [0.05, 0.1) is 0 Å². The topological polar surface area (TPSA) is 38.0 Å². The van der Waals surface area contributed by atoms with Crippen molar-refractivity contribution in [3.63, 3.8) is 0 Å². The van der Waals surface area contributed by atoms with Gasteiger partial charge < -0.3 is 0 Å². The van der Waals surface area contributed by atoms with Crippen LogP contribution in [-0.4, -0.2) is 6.04 Å². The Morgan fingerprint density at radius 3 is 2.45 bits per heavy atom. The molecule has 4 heteroatoms. The molecule has 1 atom stereocenters. The summed E-state index contributed by atoms with van der Waals surface area (Å²) in [6.07, 6.45) is 1.61. The smallest absolute Gasteiger partial charge is 0.123 e. The zero-order chi connectivity index (χ0) is 14.5. The number of hydrogen-bond donors (Lipinski definition) is 2. The Morgan fingerprint density at radius 1 is 1.15 bits per heavy atom. The highest BCUT2D eigenvalue weighted by atomic mass is 79.9. The van der Waals surface area contributed by atoms with Crippen LogP contribution in [0.15, 0.2) is 46.9 Å². The molecule has 3 N–H and O–H groups in total. The SMILES string of the molecule is Cc1cc(F)ccc1CC(Cc1ccc(Br)cc1)NN. The molecule has 0 saturated carbocycles. The maximum atomic E-state index is 13.1. The Morgan fingerprint density at radius 2 is 1.85 bits per heavy atom. The molecular formula is C16H18BrFN2. The minimum atomic E-state index is -0.198. The quantitative estimate of drug-likeness (QED) is 0.647. The fourth-order valence-corrected chi connectivity index (χ4v) is 2.51. The zero-order valence-electron chi connectivity index (χ0n) is 11.4. The van der Waals surface area contributed by atoms with E-state index in [0.717, 1.165) is 28.4 Å². The third-order valence-corrected chi connectivity index (χ3v) is 3.93. The second kappa shape index (κ2) is 6.97. The highest BCUT2D eigenvalue weighted by Crippen LogP contribution is 2.16. The molecule has 1 unspecified atom stereocenters. The van der Waals surface area contributed by atoms with Gasteiger partial charge in [0, 0.05) is 10.5 Å². The Labute approximate surface area is 127 Å². The Kier molecular flexibility index (Phi) is 5.29. The van der Waals surface area contributed by atoms with Crippen molar-refractivity contribution in [3.05, 3.63) is 69.4 Å². The van der Waals surface area contributed by atoms with Gasteiger partial charge in [0.1, 0.15) is 5.82 Å². The van der Waals surface area contributed by atoms with Gasteiger partial charge in [0.25, 0.3) is 0 Å². The number of rotatable bonds is 5. The molecule has 0 amide bonds. The van der Waals surface area contributed by atoms with Crippen molar-refractivity contribution in [2.24, 2.45) is 5.84 Å². The Bertz CT molecular complexity index is 569. The minimum absolute atomic E-state index is 0.125. The largest absolute Gasteiger partial charge is 0.271 e. The van der Waals surface area contributed by atoms with Crippen molar-refractivity contribution >= 4 is 15.9 Å². The zero-order valence-corrected chi connectivity index (χ0v) is 13.0. The first-order chi connectivity index (χ1) is 9.58. The standard InChI is InChI=1S/C16H18BrFN2/c1-11-8-15(18)7-4-13(11)10-16(20-19)9-12-2-5-14(17)6-3-12/h2-8,16,20H,9-10,19H2,1H3. The van der Waals surface area contributed by atoms with E-state index in [1.54, 1.807) is 6.07 Å². The molecule has 2 aromatic carbocycles. The molecule has 2 rings (SSSR count). The van der Waals surface area contributed by atoms with Crippen LogP contribution in [0.1, 0.15) is 16.7 Å². The summed E-state index contributed by atoms with van der Waals surface area (Å²) in [5, 5.41) is 0. The summed E-state index contributed by atoms with van der Waals surface area (Å²) in [6, 6.07) is 13.2. The molecule has 0 saturated heterocycles. The van der Waals surface area contributed by atoms with Crippen LogP contribution >= 0.6 is 15.9 Å². The number of benzene rings is 2. The molecule has 0 aliphatic heterocycles. The van der Waals surface area contributed by atoms with Crippen LogP contribution in [0.5, 0.6) is 0 Å². The lowest BCUT2D eigenvalue weighted by molar-refractivity contribution is 0.521. The van der Waals surface area contributed by atoms with E-state index in [1.807, 2.05) is 25.1 Å². The summed E-state index contributed by atoms with van der Waals surface area (Å²) < 4.78 is 14.2. The average Bonchev–Trinajstić information content (AvgIpc) is 2.43. The van der Waals surface area contributed by atoms with Crippen LogP contribution in [0.3, 0.4) is 0 Å². The third-order valence-electron chi connectivity index (χ3n) is 3.40. The summed E-state index contributed by atoms with van der Waals surface area (Å²) in [7, 11) is 0. The maximum Gasteiger partial charge on any atom is 0.123 e. The van der Waals surface area contributed by atoms with E-state index in [0.29, 0.717) is 0 Å². The molecule has 0 aliphatic rings. The molecule has 0 radical (unpaired) electrons. The summed E-state index contributed by atoms with van der Waals surface area (Å²) in [4.78, 5) is 0. The van der Waals surface area contributed by atoms with Gasteiger partial charge in [-0.1, -0.05) is 34.1 Å². The number of nitrogens with one attached hydrogen (secondary N) is 1. The Balaban J connectivity index is 2.07. The van der Waals surface area contributed by atoms with Gasteiger partial charge in [-0.15, -0.1) is 0 Å². The van der Waals surface area contributed by atoms with Crippen LogP contribution in [0.2, 0.25) is 0 Å². The number of hydrazine groups is 1. The van der Waals surface area contributed by atoms with Crippen LogP contribution in [0.4, 0.5) is 4.39 Å². The fourth-order valence-electron chi connectivity index (χ4n) is 2.25. The van der Waals surface area contributed by atoms with Gasteiger partial charge in [0.2, 0.25) is 0 Å². The lowest BCUT2D eigenvalue weighted by atomic mass is 9.97. The van der Waals surface area contributed by atoms with Crippen molar-refractivity contribution in [3.8, 4) is 0 Å². The number of halogens is 2. The normalized spacial score (nSPS) is 12.4. The van der Waals surface area contributed by atoms with Gasteiger partial charge >= 0.3 is 0 Å². The average molecular weight is 337 g/mol. The molecule has 2 nitrogen and oxygen atoms in total. The van der Waals surface area contributed by atoms with E-state index >= 15 is 0 Å². The molecule has 0 heterocycles. The minimum Gasteiger partial charge on any atom is -0.271 e. The van der Waals surface area contributed by atoms with Crippen molar-refractivity contribution < 1.29 is 4.39 Å². The van der Waals surface area contributed by atoms with E-state index in [9.17, 15) is 4.39 Å². The van der Waals surface area contributed by atoms with Crippen LogP contribution < -0.4 is 11.3 Å². The summed E-state index contributed by atoms with van der Waals surface area (Å²) >= 11 is 3.42. The van der Waals surface area contributed by atoms with Crippen LogP contribution in [-0.2, 0) is 12.8 Å². The van der Waals surface area contributed by atoms with E-state index < -0.39 is 0 Å². The van der Waals surface area contributed by atoms with Crippen molar-refractivity contribution in [2.45, 2.75) is 25.8 Å². The molecule has 0 bridgehead atoms. The van der Waals surface area contributed by atoms with Crippen LogP contribution in [0, 0.1) is 12.7 Å². The monoisotopic (exact) mass is 336 g/mol. The third kappa shape index (κ3) is 4.13. The molecule has 0 aromatic heterocycles.